The van der Waals surface area contributed by atoms with Crippen molar-refractivity contribution in [2.75, 3.05) is 0 Å². The summed E-state index contributed by atoms with van der Waals surface area (Å²) in [7, 11) is 0. The van der Waals surface area contributed by atoms with Gasteiger partial charge in [-0.05, 0) is 47.3 Å². The normalized spacial score (nSPS) is 10.4. The SMILES string of the molecule is Cc1cc(Br)c(=O)n(CCCCC(=O)O)c1. The highest BCUT2D eigenvalue weighted by atomic mass is 79.9. The van der Waals surface area contributed by atoms with Gasteiger partial charge in [0.25, 0.3) is 5.56 Å². The van der Waals surface area contributed by atoms with E-state index in [4.69, 9.17) is 5.11 Å². The Morgan fingerprint density at radius 3 is 2.81 bits per heavy atom. The number of unbranched alkanes of at least 4 members (excludes halogenated alkanes) is 1. The van der Waals surface area contributed by atoms with Gasteiger partial charge < -0.3 is 9.67 Å². The molecular weight excluding hydrogens is 274 g/mol. The smallest absolute Gasteiger partial charge is 0.303 e. The monoisotopic (exact) mass is 287 g/mol. The molecule has 0 aliphatic heterocycles. The number of nitrogens with zero attached hydrogens (tertiary/aromatic N) is 1. The zero-order chi connectivity index (χ0) is 12.1. The maximum atomic E-state index is 11.6. The number of halogens is 1. The molecule has 1 aromatic rings. The molecule has 0 bridgehead atoms. The second-order valence-electron chi connectivity index (χ2n) is 3.71. The van der Waals surface area contributed by atoms with Gasteiger partial charge in [0, 0.05) is 19.2 Å². The van der Waals surface area contributed by atoms with Gasteiger partial charge in [-0.25, -0.2) is 0 Å². The average Bonchev–Trinajstić information content (AvgIpc) is 2.19. The lowest BCUT2D eigenvalue weighted by Crippen LogP contribution is -2.20. The van der Waals surface area contributed by atoms with Crippen LogP contribution in [0.2, 0.25) is 0 Å². The van der Waals surface area contributed by atoms with Crippen molar-refractivity contribution in [3.05, 3.63) is 32.7 Å². The summed E-state index contributed by atoms with van der Waals surface area (Å²) in [5.41, 5.74) is 0.936. The van der Waals surface area contributed by atoms with Crippen LogP contribution < -0.4 is 5.56 Å². The topological polar surface area (TPSA) is 59.3 Å². The van der Waals surface area contributed by atoms with Gasteiger partial charge in [0.1, 0.15) is 0 Å². The summed E-state index contributed by atoms with van der Waals surface area (Å²) in [5.74, 6) is -0.794. The van der Waals surface area contributed by atoms with Crippen LogP contribution in [0.15, 0.2) is 21.5 Å². The van der Waals surface area contributed by atoms with Crippen molar-refractivity contribution in [2.24, 2.45) is 0 Å². The maximum Gasteiger partial charge on any atom is 0.303 e. The summed E-state index contributed by atoms with van der Waals surface area (Å²) in [5, 5.41) is 8.48. The van der Waals surface area contributed by atoms with E-state index in [2.05, 4.69) is 15.9 Å². The second kappa shape index (κ2) is 5.84. The quantitative estimate of drug-likeness (QED) is 0.845. The van der Waals surface area contributed by atoms with E-state index < -0.39 is 5.97 Å². The first kappa shape index (κ1) is 13.0. The number of carboxylic acid groups (broad SMARTS) is 1. The van der Waals surface area contributed by atoms with Crippen LogP contribution in [0.3, 0.4) is 0 Å². The Morgan fingerprint density at radius 1 is 1.50 bits per heavy atom. The molecule has 0 radical (unpaired) electrons. The van der Waals surface area contributed by atoms with Crippen LogP contribution in [-0.4, -0.2) is 15.6 Å². The number of carbonyl (C=O) groups is 1. The van der Waals surface area contributed by atoms with Crippen LogP contribution in [0.1, 0.15) is 24.8 Å². The van der Waals surface area contributed by atoms with Gasteiger partial charge in [-0.1, -0.05) is 0 Å². The third-order valence-corrected chi connectivity index (χ3v) is 2.79. The molecule has 0 amide bonds. The molecule has 0 aromatic carbocycles. The summed E-state index contributed by atoms with van der Waals surface area (Å²) in [6, 6.07) is 1.77. The highest BCUT2D eigenvalue weighted by molar-refractivity contribution is 9.10. The number of aryl methyl sites for hydroxylation is 2. The van der Waals surface area contributed by atoms with Crippen LogP contribution in [0.5, 0.6) is 0 Å². The molecule has 0 spiro atoms. The molecule has 5 heteroatoms. The van der Waals surface area contributed by atoms with Crippen LogP contribution in [0.4, 0.5) is 0 Å². The lowest BCUT2D eigenvalue weighted by Gasteiger charge is -2.06. The number of hydrogen-bond donors (Lipinski definition) is 1. The molecule has 1 aromatic heterocycles. The Balaban J connectivity index is 2.60. The molecular formula is C11H14BrNO3. The molecule has 1 N–H and O–H groups in total. The van der Waals surface area contributed by atoms with Crippen molar-refractivity contribution in [1.29, 1.82) is 0 Å². The van der Waals surface area contributed by atoms with Gasteiger partial charge in [-0.15, -0.1) is 0 Å². The lowest BCUT2D eigenvalue weighted by molar-refractivity contribution is -0.137. The van der Waals surface area contributed by atoms with Crippen LogP contribution >= 0.6 is 15.9 Å². The summed E-state index contributed by atoms with van der Waals surface area (Å²) in [4.78, 5) is 22.0. The van der Waals surface area contributed by atoms with E-state index in [9.17, 15) is 9.59 Å². The van der Waals surface area contributed by atoms with Gasteiger partial charge in [0.15, 0.2) is 0 Å². The van der Waals surface area contributed by atoms with E-state index in [-0.39, 0.29) is 12.0 Å². The van der Waals surface area contributed by atoms with Gasteiger partial charge in [-0.3, -0.25) is 9.59 Å². The van der Waals surface area contributed by atoms with Crippen LogP contribution in [-0.2, 0) is 11.3 Å². The fourth-order valence-electron chi connectivity index (χ4n) is 1.46. The molecule has 0 unspecified atom stereocenters. The molecule has 0 atom stereocenters. The van der Waals surface area contributed by atoms with Crippen molar-refractivity contribution in [1.82, 2.24) is 4.57 Å². The first-order chi connectivity index (χ1) is 7.50. The predicted octanol–water partition coefficient (Wildman–Crippen LogP) is 2.17. The number of aromatic nitrogens is 1. The molecule has 4 nitrogen and oxygen atoms in total. The maximum absolute atomic E-state index is 11.6. The molecule has 0 saturated carbocycles. The van der Waals surface area contributed by atoms with Crippen LogP contribution in [0.25, 0.3) is 0 Å². The Kier molecular flexibility index (Phi) is 4.73. The Morgan fingerprint density at radius 2 is 2.19 bits per heavy atom. The number of hydrogen-bond acceptors (Lipinski definition) is 2. The predicted molar refractivity (Wildman–Crippen MR) is 64.6 cm³/mol. The van der Waals surface area contributed by atoms with E-state index in [0.29, 0.717) is 23.9 Å². The van der Waals surface area contributed by atoms with E-state index in [0.717, 1.165) is 5.56 Å². The minimum Gasteiger partial charge on any atom is -0.481 e. The first-order valence-electron chi connectivity index (χ1n) is 5.09. The molecule has 1 heterocycles. The summed E-state index contributed by atoms with van der Waals surface area (Å²) >= 11 is 3.20. The highest BCUT2D eigenvalue weighted by Crippen LogP contribution is 2.07. The van der Waals surface area contributed by atoms with Gasteiger partial charge in [-0.2, -0.15) is 0 Å². The zero-order valence-electron chi connectivity index (χ0n) is 9.07. The number of carboxylic acids is 1. The molecule has 88 valence electrons. The molecule has 0 aliphatic carbocycles. The van der Waals surface area contributed by atoms with Crippen molar-refractivity contribution >= 4 is 21.9 Å². The van der Waals surface area contributed by atoms with Crippen molar-refractivity contribution in [3.8, 4) is 0 Å². The van der Waals surface area contributed by atoms with E-state index >= 15 is 0 Å². The standard InChI is InChI=1S/C11H14BrNO3/c1-8-6-9(12)11(16)13(7-8)5-3-2-4-10(14)15/h6-7H,2-5H2,1H3,(H,14,15). The largest absolute Gasteiger partial charge is 0.481 e. The first-order valence-corrected chi connectivity index (χ1v) is 5.88. The van der Waals surface area contributed by atoms with Gasteiger partial charge >= 0.3 is 5.97 Å². The Hall–Kier alpha value is -1.10. The second-order valence-corrected chi connectivity index (χ2v) is 4.57. The Labute approximate surface area is 102 Å². The minimum atomic E-state index is -0.794. The van der Waals surface area contributed by atoms with E-state index in [1.807, 2.05) is 6.92 Å². The fraction of sp³-hybridized carbons (Fsp3) is 0.455. The van der Waals surface area contributed by atoms with E-state index in [1.165, 1.54) is 0 Å². The molecule has 16 heavy (non-hydrogen) atoms. The third kappa shape index (κ3) is 3.81. The van der Waals surface area contributed by atoms with Crippen molar-refractivity contribution in [2.45, 2.75) is 32.7 Å². The van der Waals surface area contributed by atoms with Crippen molar-refractivity contribution < 1.29 is 9.90 Å². The number of aliphatic carboxylic acids is 1. The highest BCUT2D eigenvalue weighted by Gasteiger charge is 2.03. The summed E-state index contributed by atoms with van der Waals surface area (Å²) in [6.45, 7) is 2.48. The van der Waals surface area contributed by atoms with E-state index in [1.54, 1.807) is 16.8 Å². The van der Waals surface area contributed by atoms with Crippen LogP contribution in [0, 0.1) is 6.92 Å². The zero-order valence-corrected chi connectivity index (χ0v) is 10.7. The Bertz CT molecular complexity index is 439. The minimum absolute atomic E-state index is 0.0686. The van der Waals surface area contributed by atoms with Crippen molar-refractivity contribution in [3.63, 3.8) is 0 Å². The summed E-state index contributed by atoms with van der Waals surface area (Å²) in [6.07, 6.45) is 3.23. The third-order valence-electron chi connectivity index (χ3n) is 2.22. The molecule has 0 saturated heterocycles. The lowest BCUT2D eigenvalue weighted by atomic mass is 10.2. The molecule has 0 fully saturated rings. The fourth-order valence-corrected chi connectivity index (χ4v) is 2.05. The average molecular weight is 288 g/mol. The number of rotatable bonds is 5. The molecule has 1 rings (SSSR count). The number of pyridine rings is 1. The van der Waals surface area contributed by atoms with Gasteiger partial charge in [0.05, 0.1) is 4.47 Å². The summed E-state index contributed by atoms with van der Waals surface area (Å²) < 4.78 is 2.16. The van der Waals surface area contributed by atoms with Gasteiger partial charge in [0.2, 0.25) is 0 Å². The molecule has 0 aliphatic rings.